The van der Waals surface area contributed by atoms with Gasteiger partial charge in [-0.15, -0.1) is 0 Å². The lowest BCUT2D eigenvalue weighted by Gasteiger charge is -2.31. The SMILES string of the molecule is CC(C)C1=C(C(=O)O)SC2=N[C@@H](c3ccc(Cl)nc3)[C@@H](c3ccc(Cl)nc3)N21. The Morgan fingerprint density at radius 2 is 1.71 bits per heavy atom. The number of rotatable bonds is 4. The Balaban J connectivity index is 1.85. The van der Waals surface area contributed by atoms with Crippen LogP contribution in [0.15, 0.2) is 52.3 Å². The van der Waals surface area contributed by atoms with Crippen LogP contribution in [-0.2, 0) is 4.79 Å². The molecule has 0 saturated carbocycles. The molecule has 0 unspecified atom stereocenters. The van der Waals surface area contributed by atoms with Crippen molar-refractivity contribution in [1.82, 2.24) is 14.9 Å². The predicted molar refractivity (Wildman–Crippen MR) is 110 cm³/mol. The molecule has 0 fully saturated rings. The largest absolute Gasteiger partial charge is 0.477 e. The number of amidine groups is 1. The quantitative estimate of drug-likeness (QED) is 0.686. The number of pyridine rings is 2. The second kappa shape index (κ2) is 7.39. The van der Waals surface area contributed by atoms with Crippen molar-refractivity contribution in [2.24, 2.45) is 10.9 Å². The third kappa shape index (κ3) is 3.27. The lowest BCUT2D eigenvalue weighted by Crippen LogP contribution is -2.29. The zero-order valence-corrected chi connectivity index (χ0v) is 17.3. The van der Waals surface area contributed by atoms with E-state index in [0.29, 0.717) is 20.4 Å². The van der Waals surface area contributed by atoms with Gasteiger partial charge in [0.1, 0.15) is 21.3 Å². The van der Waals surface area contributed by atoms with Crippen molar-refractivity contribution in [3.05, 3.63) is 68.7 Å². The second-order valence-electron chi connectivity index (χ2n) is 6.78. The molecule has 1 N–H and O–H groups in total. The molecule has 4 rings (SSSR count). The number of hydrogen-bond acceptors (Lipinski definition) is 6. The fourth-order valence-electron chi connectivity index (χ4n) is 3.50. The van der Waals surface area contributed by atoms with Gasteiger partial charge in [0.15, 0.2) is 5.17 Å². The highest BCUT2D eigenvalue weighted by Crippen LogP contribution is 2.53. The van der Waals surface area contributed by atoms with Gasteiger partial charge in [-0.3, -0.25) is 4.99 Å². The predicted octanol–water partition coefficient (Wildman–Crippen LogP) is 4.94. The maximum atomic E-state index is 11.8. The van der Waals surface area contributed by atoms with E-state index in [0.717, 1.165) is 16.8 Å². The first-order valence-corrected chi connectivity index (χ1v) is 10.2. The van der Waals surface area contributed by atoms with E-state index >= 15 is 0 Å². The van der Waals surface area contributed by atoms with E-state index in [2.05, 4.69) is 9.97 Å². The van der Waals surface area contributed by atoms with Gasteiger partial charge in [0.05, 0.1) is 6.04 Å². The number of thioether (sulfide) groups is 1. The Bertz CT molecular complexity index is 990. The summed E-state index contributed by atoms with van der Waals surface area (Å²) in [4.78, 5) is 27.4. The first kappa shape index (κ1) is 19.2. The van der Waals surface area contributed by atoms with Crippen LogP contribution in [0.2, 0.25) is 10.3 Å². The number of carboxylic acids is 1. The molecule has 9 heteroatoms. The Kier molecular flexibility index (Phi) is 5.07. The van der Waals surface area contributed by atoms with Crippen LogP contribution in [0.3, 0.4) is 0 Å². The van der Waals surface area contributed by atoms with Crippen LogP contribution in [0.5, 0.6) is 0 Å². The van der Waals surface area contributed by atoms with Crippen molar-refractivity contribution < 1.29 is 9.90 Å². The lowest BCUT2D eigenvalue weighted by atomic mass is 9.94. The van der Waals surface area contributed by atoms with Crippen LogP contribution in [0.1, 0.15) is 37.1 Å². The summed E-state index contributed by atoms with van der Waals surface area (Å²) < 4.78 is 0. The Morgan fingerprint density at radius 3 is 2.21 bits per heavy atom. The Labute approximate surface area is 176 Å². The van der Waals surface area contributed by atoms with Crippen LogP contribution in [0, 0.1) is 5.92 Å². The minimum absolute atomic E-state index is 0.0103. The normalized spacial score (nSPS) is 21.3. The molecule has 144 valence electrons. The summed E-state index contributed by atoms with van der Waals surface area (Å²) in [6.45, 7) is 3.96. The fourth-order valence-corrected chi connectivity index (χ4v) is 4.91. The van der Waals surface area contributed by atoms with Gasteiger partial charge >= 0.3 is 5.97 Å². The highest BCUT2D eigenvalue weighted by atomic mass is 35.5. The van der Waals surface area contributed by atoms with E-state index in [1.54, 1.807) is 24.5 Å². The first-order valence-electron chi connectivity index (χ1n) is 8.62. The molecule has 2 aliphatic heterocycles. The number of aromatic nitrogens is 2. The third-order valence-corrected chi connectivity index (χ3v) is 6.16. The molecular formula is C19H16Cl2N4O2S. The van der Waals surface area contributed by atoms with Crippen molar-refractivity contribution >= 4 is 46.1 Å². The molecule has 0 saturated heterocycles. The summed E-state index contributed by atoms with van der Waals surface area (Å²) >= 11 is 13.1. The van der Waals surface area contributed by atoms with Gasteiger partial charge in [-0.05, 0) is 40.9 Å². The van der Waals surface area contributed by atoms with Crippen LogP contribution in [0.25, 0.3) is 0 Å². The van der Waals surface area contributed by atoms with Gasteiger partial charge in [0.25, 0.3) is 0 Å². The van der Waals surface area contributed by atoms with Crippen molar-refractivity contribution in [2.75, 3.05) is 0 Å². The number of hydrogen-bond donors (Lipinski definition) is 1. The summed E-state index contributed by atoms with van der Waals surface area (Å²) in [5, 5.41) is 11.2. The molecule has 4 heterocycles. The van der Waals surface area contributed by atoms with E-state index < -0.39 is 5.97 Å². The zero-order chi connectivity index (χ0) is 20.0. The van der Waals surface area contributed by atoms with Gasteiger partial charge < -0.3 is 10.0 Å². The van der Waals surface area contributed by atoms with Crippen molar-refractivity contribution in [3.63, 3.8) is 0 Å². The maximum Gasteiger partial charge on any atom is 0.344 e. The Hall–Kier alpha value is -2.09. The molecule has 0 amide bonds. The third-order valence-electron chi connectivity index (χ3n) is 4.64. The topological polar surface area (TPSA) is 78.7 Å². The maximum absolute atomic E-state index is 11.8. The number of carboxylic acid groups (broad SMARTS) is 1. The second-order valence-corrected chi connectivity index (χ2v) is 8.53. The fraction of sp³-hybridized carbons (Fsp3) is 0.263. The number of aliphatic carboxylic acids is 1. The van der Waals surface area contributed by atoms with Crippen LogP contribution >= 0.6 is 35.0 Å². The number of allylic oxidation sites excluding steroid dienone is 1. The summed E-state index contributed by atoms with van der Waals surface area (Å²) in [7, 11) is 0. The average molecular weight is 435 g/mol. The molecule has 0 aromatic carbocycles. The summed E-state index contributed by atoms with van der Waals surface area (Å²) in [5.41, 5.74) is 2.54. The minimum Gasteiger partial charge on any atom is -0.477 e. The van der Waals surface area contributed by atoms with E-state index in [1.807, 2.05) is 30.9 Å². The van der Waals surface area contributed by atoms with Gasteiger partial charge in [-0.1, -0.05) is 49.2 Å². The smallest absolute Gasteiger partial charge is 0.344 e. The molecule has 2 aromatic heterocycles. The van der Waals surface area contributed by atoms with Crippen molar-refractivity contribution in [2.45, 2.75) is 25.9 Å². The van der Waals surface area contributed by atoms with E-state index in [1.165, 1.54) is 11.8 Å². The summed E-state index contributed by atoms with van der Waals surface area (Å²) in [6.07, 6.45) is 3.42. The average Bonchev–Trinajstić information content (AvgIpc) is 3.19. The highest BCUT2D eigenvalue weighted by Gasteiger charge is 2.47. The van der Waals surface area contributed by atoms with Crippen molar-refractivity contribution in [1.29, 1.82) is 0 Å². The van der Waals surface area contributed by atoms with Gasteiger partial charge in [0, 0.05) is 18.1 Å². The molecule has 28 heavy (non-hydrogen) atoms. The zero-order valence-electron chi connectivity index (χ0n) is 15.0. The minimum atomic E-state index is -0.941. The molecule has 2 atom stereocenters. The van der Waals surface area contributed by atoms with Gasteiger partial charge in [-0.2, -0.15) is 0 Å². The van der Waals surface area contributed by atoms with Gasteiger partial charge in [-0.25, -0.2) is 14.8 Å². The molecule has 0 radical (unpaired) electrons. The number of aliphatic imine (C=N–C) groups is 1. The molecular weight excluding hydrogens is 419 g/mol. The monoisotopic (exact) mass is 434 g/mol. The molecule has 2 aromatic rings. The van der Waals surface area contributed by atoms with E-state index in [-0.39, 0.29) is 18.0 Å². The van der Waals surface area contributed by atoms with Gasteiger partial charge in [0.2, 0.25) is 0 Å². The van der Waals surface area contributed by atoms with E-state index in [4.69, 9.17) is 28.2 Å². The highest BCUT2D eigenvalue weighted by molar-refractivity contribution is 8.18. The number of carbonyl (C=O) groups is 1. The Morgan fingerprint density at radius 1 is 1.11 bits per heavy atom. The summed E-state index contributed by atoms with van der Waals surface area (Å²) in [6, 6.07) is 6.74. The molecule has 6 nitrogen and oxygen atoms in total. The number of nitrogens with zero attached hydrogens (tertiary/aromatic N) is 4. The van der Waals surface area contributed by atoms with Crippen LogP contribution in [0.4, 0.5) is 0 Å². The molecule has 0 aliphatic carbocycles. The standard InChI is InChI=1S/C19H16Cl2N4O2S/c1-9(2)15-17(18(26)27)28-19-24-14(10-3-5-12(20)22-7-10)16(25(15)19)11-4-6-13(21)23-8-11/h3-9,14,16H,1-2H3,(H,26,27)/t14-,16+/m0/s1. The summed E-state index contributed by atoms with van der Waals surface area (Å²) in [5.74, 6) is -0.931. The number of halogens is 2. The number of fused-ring (bicyclic) bond motifs is 1. The molecule has 0 spiro atoms. The first-order chi connectivity index (χ1) is 13.4. The van der Waals surface area contributed by atoms with E-state index in [9.17, 15) is 9.90 Å². The van der Waals surface area contributed by atoms with Crippen molar-refractivity contribution in [3.8, 4) is 0 Å². The lowest BCUT2D eigenvalue weighted by molar-refractivity contribution is -0.131. The van der Waals surface area contributed by atoms with Crippen LogP contribution < -0.4 is 0 Å². The van der Waals surface area contributed by atoms with Crippen LogP contribution in [-0.4, -0.2) is 31.1 Å². The molecule has 0 bridgehead atoms. The molecule has 2 aliphatic rings.